The van der Waals surface area contributed by atoms with Crippen LogP contribution < -0.4 is 5.32 Å². The van der Waals surface area contributed by atoms with Gasteiger partial charge in [-0.1, -0.05) is 12.1 Å². The SMILES string of the molecule is Cc1cc(NCCOCCO)c2cccc([N+](=O)[O-])c2n1. The maximum absolute atomic E-state index is 11.1. The molecule has 0 aliphatic carbocycles. The molecule has 0 fully saturated rings. The number of para-hydroxylation sites is 1. The standard InChI is InChI=1S/C14H17N3O4/c1-10-9-12(15-5-7-21-8-6-18)11-3-2-4-13(17(19)20)14(11)16-10/h2-4,9,18H,5-8H2,1H3,(H,15,16). The first-order chi connectivity index (χ1) is 10.1. The number of nitrogens with zero attached hydrogens (tertiary/aromatic N) is 2. The lowest BCUT2D eigenvalue weighted by Gasteiger charge is -2.11. The quantitative estimate of drug-likeness (QED) is 0.459. The highest BCUT2D eigenvalue weighted by Crippen LogP contribution is 2.29. The van der Waals surface area contributed by atoms with Gasteiger partial charge in [-0.15, -0.1) is 0 Å². The summed E-state index contributed by atoms with van der Waals surface area (Å²) < 4.78 is 5.17. The van der Waals surface area contributed by atoms with Crippen molar-refractivity contribution in [1.82, 2.24) is 4.98 Å². The number of benzene rings is 1. The minimum absolute atomic E-state index is 0.00391. The zero-order valence-electron chi connectivity index (χ0n) is 11.7. The lowest BCUT2D eigenvalue weighted by atomic mass is 10.1. The van der Waals surface area contributed by atoms with Crippen LogP contribution in [0.4, 0.5) is 11.4 Å². The highest BCUT2D eigenvalue weighted by atomic mass is 16.6. The summed E-state index contributed by atoms with van der Waals surface area (Å²) in [5, 5.41) is 23.6. The number of nitrogens with one attached hydrogen (secondary N) is 1. The molecule has 0 unspecified atom stereocenters. The van der Waals surface area contributed by atoms with Gasteiger partial charge >= 0.3 is 0 Å². The number of anilines is 1. The molecule has 0 saturated heterocycles. The van der Waals surface area contributed by atoms with Crippen LogP contribution in [0.3, 0.4) is 0 Å². The van der Waals surface area contributed by atoms with Gasteiger partial charge in [-0.3, -0.25) is 10.1 Å². The molecule has 0 radical (unpaired) electrons. The van der Waals surface area contributed by atoms with E-state index in [0.717, 1.165) is 5.69 Å². The van der Waals surface area contributed by atoms with Crippen LogP contribution in [-0.2, 0) is 4.74 Å². The molecule has 0 saturated carbocycles. The number of hydrogen-bond donors (Lipinski definition) is 2. The summed E-state index contributed by atoms with van der Waals surface area (Å²) in [4.78, 5) is 14.9. The van der Waals surface area contributed by atoms with Gasteiger partial charge in [0.25, 0.3) is 5.69 Å². The molecular weight excluding hydrogens is 274 g/mol. The van der Waals surface area contributed by atoms with Crippen molar-refractivity contribution in [1.29, 1.82) is 0 Å². The number of aromatic nitrogens is 1. The molecule has 1 aromatic heterocycles. The van der Waals surface area contributed by atoms with E-state index in [0.29, 0.717) is 36.4 Å². The van der Waals surface area contributed by atoms with Gasteiger partial charge in [0.2, 0.25) is 0 Å². The van der Waals surface area contributed by atoms with Gasteiger partial charge in [-0.25, -0.2) is 4.98 Å². The minimum Gasteiger partial charge on any atom is -0.394 e. The molecule has 0 spiro atoms. The molecule has 0 aliphatic heterocycles. The fourth-order valence-electron chi connectivity index (χ4n) is 2.08. The summed E-state index contributed by atoms with van der Waals surface area (Å²) in [7, 11) is 0. The van der Waals surface area contributed by atoms with E-state index in [-0.39, 0.29) is 12.3 Å². The van der Waals surface area contributed by atoms with Gasteiger partial charge in [0.1, 0.15) is 0 Å². The third kappa shape index (κ3) is 3.65. The molecular formula is C14H17N3O4. The highest BCUT2D eigenvalue weighted by Gasteiger charge is 2.15. The Labute approximate surface area is 121 Å². The zero-order valence-corrected chi connectivity index (χ0v) is 11.7. The molecule has 21 heavy (non-hydrogen) atoms. The average Bonchev–Trinajstić information content (AvgIpc) is 2.46. The third-order valence-electron chi connectivity index (χ3n) is 2.94. The van der Waals surface area contributed by atoms with Crippen molar-refractivity contribution < 1.29 is 14.8 Å². The zero-order chi connectivity index (χ0) is 15.2. The van der Waals surface area contributed by atoms with Crippen molar-refractivity contribution in [2.45, 2.75) is 6.92 Å². The number of aryl methyl sites for hydroxylation is 1. The van der Waals surface area contributed by atoms with Crippen molar-refractivity contribution in [3.63, 3.8) is 0 Å². The number of aliphatic hydroxyl groups is 1. The Kier molecular flexibility index (Phi) is 5.02. The Hall–Kier alpha value is -2.25. The molecule has 7 heteroatoms. The Bertz CT molecular complexity index is 645. The average molecular weight is 291 g/mol. The second kappa shape index (κ2) is 6.96. The maximum atomic E-state index is 11.1. The van der Waals surface area contributed by atoms with Crippen molar-refractivity contribution in [3.8, 4) is 0 Å². The van der Waals surface area contributed by atoms with Gasteiger partial charge in [0.15, 0.2) is 5.52 Å². The summed E-state index contributed by atoms with van der Waals surface area (Å²) in [6.07, 6.45) is 0. The van der Waals surface area contributed by atoms with Crippen LogP contribution in [0.25, 0.3) is 10.9 Å². The van der Waals surface area contributed by atoms with E-state index < -0.39 is 4.92 Å². The van der Waals surface area contributed by atoms with Crippen LogP contribution in [0.5, 0.6) is 0 Å². The van der Waals surface area contributed by atoms with E-state index in [4.69, 9.17) is 9.84 Å². The predicted molar refractivity (Wildman–Crippen MR) is 79.5 cm³/mol. The van der Waals surface area contributed by atoms with Crippen molar-refractivity contribution in [2.75, 3.05) is 31.7 Å². The number of aliphatic hydroxyl groups excluding tert-OH is 1. The second-order valence-corrected chi connectivity index (χ2v) is 4.50. The topological polar surface area (TPSA) is 97.5 Å². The molecule has 2 N–H and O–H groups in total. The molecule has 0 atom stereocenters. The molecule has 0 amide bonds. The number of nitro benzene ring substituents is 1. The first kappa shape index (κ1) is 15.1. The molecule has 0 bridgehead atoms. The van der Waals surface area contributed by atoms with Gasteiger partial charge in [0, 0.05) is 29.4 Å². The number of pyridine rings is 1. The first-order valence-electron chi connectivity index (χ1n) is 6.60. The minimum atomic E-state index is -0.428. The van der Waals surface area contributed by atoms with E-state index in [2.05, 4.69) is 10.3 Å². The number of rotatable bonds is 7. The van der Waals surface area contributed by atoms with E-state index in [1.165, 1.54) is 6.07 Å². The maximum Gasteiger partial charge on any atom is 0.295 e. The molecule has 7 nitrogen and oxygen atoms in total. The van der Waals surface area contributed by atoms with Crippen LogP contribution in [0.1, 0.15) is 5.69 Å². The normalized spacial score (nSPS) is 10.8. The molecule has 112 valence electrons. The van der Waals surface area contributed by atoms with E-state index in [1.54, 1.807) is 19.1 Å². The smallest absolute Gasteiger partial charge is 0.295 e. The van der Waals surface area contributed by atoms with Gasteiger partial charge in [-0.05, 0) is 13.0 Å². The molecule has 2 rings (SSSR count). The number of hydrogen-bond acceptors (Lipinski definition) is 6. The van der Waals surface area contributed by atoms with Crippen LogP contribution in [0.2, 0.25) is 0 Å². The predicted octanol–water partition coefficient (Wildman–Crippen LogP) is 1.87. The Balaban J connectivity index is 2.27. The monoisotopic (exact) mass is 291 g/mol. The van der Waals surface area contributed by atoms with Gasteiger partial charge in [-0.2, -0.15) is 0 Å². The summed E-state index contributed by atoms with van der Waals surface area (Å²) in [6.45, 7) is 3.07. The largest absolute Gasteiger partial charge is 0.394 e. The van der Waals surface area contributed by atoms with Gasteiger partial charge in [0.05, 0.1) is 24.7 Å². The molecule has 1 heterocycles. The van der Waals surface area contributed by atoms with E-state index >= 15 is 0 Å². The lowest BCUT2D eigenvalue weighted by molar-refractivity contribution is -0.383. The molecule has 2 aromatic rings. The lowest BCUT2D eigenvalue weighted by Crippen LogP contribution is -2.12. The Morgan fingerprint density at radius 3 is 2.95 bits per heavy atom. The summed E-state index contributed by atoms with van der Waals surface area (Å²) in [5.41, 5.74) is 1.86. The van der Waals surface area contributed by atoms with Crippen LogP contribution >= 0.6 is 0 Å². The molecule has 1 aromatic carbocycles. The number of nitro groups is 1. The van der Waals surface area contributed by atoms with E-state index in [1.807, 2.05) is 6.07 Å². The van der Waals surface area contributed by atoms with Crippen molar-refractivity contribution >= 4 is 22.3 Å². The van der Waals surface area contributed by atoms with Crippen molar-refractivity contribution in [2.24, 2.45) is 0 Å². The Morgan fingerprint density at radius 1 is 1.43 bits per heavy atom. The van der Waals surface area contributed by atoms with Crippen molar-refractivity contribution in [3.05, 3.63) is 40.1 Å². The number of ether oxygens (including phenoxy) is 1. The second-order valence-electron chi connectivity index (χ2n) is 4.50. The fraction of sp³-hybridized carbons (Fsp3) is 0.357. The highest BCUT2D eigenvalue weighted by molar-refractivity contribution is 5.96. The fourth-order valence-corrected chi connectivity index (χ4v) is 2.08. The number of non-ortho nitro benzene ring substituents is 1. The summed E-state index contributed by atoms with van der Waals surface area (Å²) in [6, 6.07) is 6.73. The Morgan fingerprint density at radius 2 is 2.24 bits per heavy atom. The first-order valence-corrected chi connectivity index (χ1v) is 6.60. The molecule has 0 aliphatic rings. The van der Waals surface area contributed by atoms with Crippen LogP contribution in [0.15, 0.2) is 24.3 Å². The summed E-state index contributed by atoms with van der Waals surface area (Å²) >= 11 is 0. The van der Waals surface area contributed by atoms with Crippen LogP contribution in [0, 0.1) is 17.0 Å². The van der Waals surface area contributed by atoms with E-state index in [9.17, 15) is 10.1 Å². The van der Waals surface area contributed by atoms with Crippen LogP contribution in [-0.4, -0.2) is 41.4 Å². The third-order valence-corrected chi connectivity index (χ3v) is 2.94. The summed E-state index contributed by atoms with van der Waals surface area (Å²) in [5.74, 6) is 0. The van der Waals surface area contributed by atoms with Gasteiger partial charge < -0.3 is 15.2 Å². The number of fused-ring (bicyclic) bond motifs is 1.